The van der Waals surface area contributed by atoms with Crippen molar-refractivity contribution in [3.05, 3.63) is 0 Å². The Balaban J connectivity index is -0.000000131. The molecule has 24 heavy (non-hydrogen) atoms. The average Bonchev–Trinajstić information content (AvgIpc) is 2.26. The number of alkyl halides is 5. The molecule has 20 heteroatoms. The lowest BCUT2D eigenvalue weighted by molar-refractivity contribution is 0.139. The van der Waals surface area contributed by atoms with Crippen molar-refractivity contribution in [3.63, 3.8) is 0 Å². The Morgan fingerprint density at radius 3 is 0.833 bits per heavy atom. The first-order chi connectivity index (χ1) is 10.6. The topological polar surface area (TPSA) is 130 Å². The van der Waals surface area contributed by atoms with E-state index in [-0.39, 0.29) is 10.7 Å². The van der Waals surface area contributed by atoms with Crippen molar-refractivity contribution < 1.29 is 37.8 Å². The molecule has 0 unspecified atom stereocenters. The Hall–Kier alpha value is 2.05. The molecule has 0 rings (SSSR count). The van der Waals surface area contributed by atoms with Gasteiger partial charge in [0.05, 0.1) is 10.7 Å². The van der Waals surface area contributed by atoms with Crippen LogP contribution in [0.4, 0.5) is 0 Å². The molecule has 0 fully saturated rings. The van der Waals surface area contributed by atoms with Crippen molar-refractivity contribution in [3.8, 4) is 0 Å². The Kier molecular flexibility index (Phi) is 27.7. The number of hydrogen-bond acceptors (Lipinski definition) is 9. The molecule has 0 bridgehead atoms. The van der Waals surface area contributed by atoms with Crippen LogP contribution in [0.2, 0.25) is 0 Å². The average molecular weight is 580 g/mol. The van der Waals surface area contributed by atoms with Crippen molar-refractivity contribution in [1.29, 1.82) is 0 Å². The number of halogens is 8. The van der Waals surface area contributed by atoms with E-state index >= 15 is 0 Å². The van der Waals surface area contributed by atoms with E-state index in [1.807, 2.05) is 0 Å². The first-order valence-corrected chi connectivity index (χ1v) is 13.5. The maximum Gasteiger partial charge on any atom is 0.357 e. The van der Waals surface area contributed by atoms with Crippen LogP contribution in [0.3, 0.4) is 0 Å². The second-order valence-corrected chi connectivity index (χ2v) is 10.3. The van der Waals surface area contributed by atoms with E-state index in [9.17, 15) is 25.3 Å². The zero-order valence-corrected chi connectivity index (χ0v) is 19.2. The third kappa shape index (κ3) is 64.7. The lowest BCUT2D eigenvalue weighted by Gasteiger charge is -1.96. The van der Waals surface area contributed by atoms with Gasteiger partial charge in [-0.15, -0.1) is 46.4 Å². The van der Waals surface area contributed by atoms with Crippen molar-refractivity contribution in [2.75, 3.05) is 23.5 Å². The van der Waals surface area contributed by atoms with E-state index in [1.54, 1.807) is 0 Å². The molecule has 0 aliphatic heterocycles. The van der Waals surface area contributed by atoms with Crippen LogP contribution in [0, 0.1) is 0 Å². The molecule has 0 heterocycles. The van der Waals surface area contributed by atoms with Gasteiger partial charge in [0.2, 0.25) is 0 Å². The summed E-state index contributed by atoms with van der Waals surface area (Å²) in [7, 11) is 1.21. The first-order valence-electron chi connectivity index (χ1n) is 4.17. The molecule has 0 aliphatic carbocycles. The van der Waals surface area contributed by atoms with Gasteiger partial charge in [-0.1, -0.05) is 11.6 Å². The standard InChI is InChI=1S/CH2Cl2O6S2.CH2Cl2O3S.2CH2Cl2/c2-10(4,5)8-1-9-11(3,6)7;2-1-6-7(3,4)5;2*2-1-3/h1H2;1H2;2*1H2. The summed E-state index contributed by atoms with van der Waals surface area (Å²) in [5.41, 5.74) is 0. The third-order valence-corrected chi connectivity index (χ3v) is 2.76. The van der Waals surface area contributed by atoms with Gasteiger partial charge >= 0.3 is 28.0 Å². The van der Waals surface area contributed by atoms with E-state index in [0.717, 1.165) is 0 Å². The zero-order chi connectivity index (χ0) is 20.4. The van der Waals surface area contributed by atoms with Gasteiger partial charge in [-0.25, -0.2) is 12.5 Å². The Bertz CT molecular complexity index is 526. The number of rotatable bonds is 6. The lowest BCUT2D eigenvalue weighted by Crippen LogP contribution is -2.05. The Morgan fingerprint density at radius 2 is 0.750 bits per heavy atom. The van der Waals surface area contributed by atoms with Crippen LogP contribution in [0.5, 0.6) is 0 Å². The maximum atomic E-state index is 9.94. The summed E-state index contributed by atoms with van der Waals surface area (Å²) in [6, 6.07) is -0.439. The van der Waals surface area contributed by atoms with Crippen LogP contribution in [0.25, 0.3) is 0 Å². The molecule has 0 spiro atoms. The molecule has 0 N–H and O–H groups in total. The molecular formula is C4H8Cl8O9S3. The Labute approximate surface area is 178 Å². The monoisotopic (exact) mass is 576 g/mol. The number of hydrogen-bond donors (Lipinski definition) is 0. The zero-order valence-electron chi connectivity index (χ0n) is 10.8. The quantitative estimate of drug-likeness (QED) is 0.264. The van der Waals surface area contributed by atoms with Crippen LogP contribution in [-0.4, -0.2) is 48.8 Å². The molecule has 0 aromatic heterocycles. The van der Waals surface area contributed by atoms with Crippen molar-refractivity contribution >= 4 is 118 Å². The molecule has 0 atom stereocenters. The minimum absolute atomic E-state index is 0.194. The van der Waals surface area contributed by atoms with E-state index in [4.69, 9.17) is 58.0 Å². The summed E-state index contributed by atoms with van der Waals surface area (Å²) in [5, 5.41) is 0.389. The van der Waals surface area contributed by atoms with Gasteiger partial charge in [0.15, 0.2) is 6.79 Å². The highest BCUT2D eigenvalue weighted by Crippen LogP contribution is 2.03. The molecule has 0 aromatic carbocycles. The molecule has 0 aromatic rings. The second-order valence-electron chi connectivity index (χ2n) is 1.96. The molecule has 0 saturated carbocycles. The van der Waals surface area contributed by atoms with Gasteiger partial charge in [-0.3, -0.25) is 0 Å². The summed E-state index contributed by atoms with van der Waals surface area (Å²) < 4.78 is 70.2. The van der Waals surface area contributed by atoms with E-state index < -0.39 is 40.9 Å². The highest BCUT2D eigenvalue weighted by molar-refractivity contribution is 8.10. The molecule has 0 aliphatic rings. The van der Waals surface area contributed by atoms with E-state index in [2.05, 4.69) is 44.6 Å². The minimum Gasteiger partial charge on any atom is -0.242 e. The lowest BCUT2D eigenvalue weighted by atomic mass is 11.6. The molecule has 152 valence electrons. The van der Waals surface area contributed by atoms with Gasteiger partial charge in [-0.05, 0) is 0 Å². The van der Waals surface area contributed by atoms with Gasteiger partial charge < -0.3 is 0 Å². The molecule has 0 amide bonds. The predicted octanol–water partition coefficient (Wildman–Crippen LogP) is 3.47. The van der Waals surface area contributed by atoms with Crippen molar-refractivity contribution in [2.24, 2.45) is 0 Å². The van der Waals surface area contributed by atoms with Crippen LogP contribution >= 0.6 is 90.1 Å². The molecular weight excluding hydrogens is 572 g/mol. The maximum absolute atomic E-state index is 9.94. The summed E-state index contributed by atoms with van der Waals surface area (Å²) >= 11 is 23.9. The highest BCUT2D eigenvalue weighted by Gasteiger charge is 2.09. The van der Waals surface area contributed by atoms with Gasteiger partial charge in [0.25, 0.3) is 0 Å². The minimum atomic E-state index is -4.22. The van der Waals surface area contributed by atoms with Crippen LogP contribution in [-0.2, 0) is 40.5 Å². The summed E-state index contributed by atoms with van der Waals surface area (Å²) in [5.74, 6) is 0. The van der Waals surface area contributed by atoms with Crippen LogP contribution in [0.15, 0.2) is 0 Å². The van der Waals surface area contributed by atoms with Crippen molar-refractivity contribution in [1.82, 2.24) is 0 Å². The predicted molar refractivity (Wildman–Crippen MR) is 96.3 cm³/mol. The van der Waals surface area contributed by atoms with E-state index in [0.29, 0.717) is 0 Å². The summed E-state index contributed by atoms with van der Waals surface area (Å²) in [4.78, 5) is 0. The van der Waals surface area contributed by atoms with Crippen LogP contribution in [0.1, 0.15) is 0 Å². The fourth-order valence-corrected chi connectivity index (χ4v) is 1.52. The summed E-state index contributed by atoms with van der Waals surface area (Å²) in [6.45, 7) is -1.07. The van der Waals surface area contributed by atoms with Gasteiger partial charge in [0.1, 0.15) is 6.07 Å². The SMILES string of the molecule is ClCCl.ClCCl.O=S(=O)(Cl)OCCl.O=S(=O)(Cl)OCOS(=O)(=O)Cl. The molecule has 0 radical (unpaired) electrons. The highest BCUT2D eigenvalue weighted by atomic mass is 35.7. The molecule has 0 saturated heterocycles. The van der Waals surface area contributed by atoms with Crippen molar-refractivity contribution in [2.45, 2.75) is 0 Å². The van der Waals surface area contributed by atoms with Gasteiger partial charge in [0, 0.05) is 32.0 Å². The second kappa shape index (κ2) is 19.8. The van der Waals surface area contributed by atoms with Gasteiger partial charge in [-0.2, -0.15) is 25.3 Å². The largest absolute Gasteiger partial charge is 0.357 e. The fourth-order valence-electron chi connectivity index (χ4n) is 0.188. The normalized spacial score (nSPS) is 11.0. The van der Waals surface area contributed by atoms with E-state index in [1.165, 1.54) is 0 Å². The summed E-state index contributed by atoms with van der Waals surface area (Å²) in [6.07, 6.45) is 0. The molecule has 9 nitrogen and oxygen atoms in total. The van der Waals surface area contributed by atoms with Crippen LogP contribution < -0.4 is 0 Å². The fraction of sp³-hybridized carbons (Fsp3) is 1.00. The third-order valence-electron chi connectivity index (χ3n) is 0.563. The smallest absolute Gasteiger partial charge is 0.242 e. The Morgan fingerprint density at radius 1 is 0.542 bits per heavy atom. The first kappa shape index (κ1) is 33.6.